The Bertz CT molecular complexity index is 806. The van der Waals surface area contributed by atoms with Crippen LogP contribution < -0.4 is 25.4 Å². The Kier molecular flexibility index (Phi) is 7.72. The molecule has 0 aliphatic carbocycles. The minimum absolute atomic E-state index is 0.461. The van der Waals surface area contributed by atoms with Gasteiger partial charge in [-0.1, -0.05) is 94.4 Å². The molecular formula is C26H31O2P. The fraction of sp³-hybridized carbons (Fsp3) is 0.308. The fourth-order valence-electron chi connectivity index (χ4n) is 3.03. The van der Waals surface area contributed by atoms with E-state index in [4.69, 9.17) is 9.47 Å². The SMILES string of the molecule is CC(C)COc1cccc(OCC(C)C)c1P(c1ccccc1)c1ccccc1. The molecule has 3 heteroatoms. The lowest BCUT2D eigenvalue weighted by molar-refractivity contribution is 0.262. The Morgan fingerprint density at radius 1 is 0.586 bits per heavy atom. The Morgan fingerprint density at radius 3 is 1.38 bits per heavy atom. The first-order chi connectivity index (χ1) is 14.1. The van der Waals surface area contributed by atoms with Crippen molar-refractivity contribution in [3.05, 3.63) is 78.9 Å². The zero-order chi connectivity index (χ0) is 20.6. The number of rotatable bonds is 9. The molecule has 3 rings (SSSR count). The van der Waals surface area contributed by atoms with Crippen LogP contribution in [-0.2, 0) is 0 Å². The van der Waals surface area contributed by atoms with Gasteiger partial charge in [0.2, 0.25) is 0 Å². The second-order valence-electron chi connectivity index (χ2n) is 8.02. The van der Waals surface area contributed by atoms with Gasteiger partial charge in [0.15, 0.2) is 0 Å². The van der Waals surface area contributed by atoms with E-state index < -0.39 is 7.92 Å². The van der Waals surface area contributed by atoms with E-state index in [1.54, 1.807) is 0 Å². The van der Waals surface area contributed by atoms with Crippen LogP contribution in [-0.4, -0.2) is 13.2 Å². The van der Waals surface area contributed by atoms with Crippen molar-refractivity contribution in [1.29, 1.82) is 0 Å². The van der Waals surface area contributed by atoms with Gasteiger partial charge in [0.1, 0.15) is 11.5 Å². The summed E-state index contributed by atoms with van der Waals surface area (Å²) < 4.78 is 12.6. The second-order valence-corrected chi connectivity index (χ2v) is 10.2. The van der Waals surface area contributed by atoms with Crippen molar-refractivity contribution >= 4 is 23.8 Å². The second kappa shape index (κ2) is 10.5. The molecule has 0 N–H and O–H groups in total. The van der Waals surface area contributed by atoms with Gasteiger partial charge < -0.3 is 9.47 Å². The molecule has 0 amide bonds. The highest BCUT2D eigenvalue weighted by Crippen LogP contribution is 2.40. The highest BCUT2D eigenvalue weighted by Gasteiger charge is 2.25. The molecule has 0 heterocycles. The molecule has 29 heavy (non-hydrogen) atoms. The summed E-state index contributed by atoms with van der Waals surface area (Å²) in [4.78, 5) is 0. The van der Waals surface area contributed by atoms with Gasteiger partial charge in [-0.25, -0.2) is 0 Å². The van der Waals surface area contributed by atoms with Crippen molar-refractivity contribution < 1.29 is 9.47 Å². The van der Waals surface area contributed by atoms with Crippen molar-refractivity contribution in [2.45, 2.75) is 27.7 Å². The molecule has 3 aromatic rings. The Balaban J connectivity index is 2.16. The number of ether oxygens (including phenoxy) is 2. The summed E-state index contributed by atoms with van der Waals surface area (Å²) >= 11 is 0. The number of benzene rings is 3. The predicted octanol–water partition coefficient (Wildman–Crippen LogP) is 5.51. The van der Waals surface area contributed by atoms with E-state index in [1.807, 2.05) is 6.07 Å². The largest absolute Gasteiger partial charge is 0.492 e. The molecule has 0 unspecified atom stereocenters. The van der Waals surface area contributed by atoms with E-state index in [0.29, 0.717) is 25.0 Å². The topological polar surface area (TPSA) is 18.5 Å². The fourth-order valence-corrected chi connectivity index (χ4v) is 5.50. The van der Waals surface area contributed by atoms with Gasteiger partial charge in [-0.3, -0.25) is 0 Å². The Hall–Kier alpha value is -2.31. The summed E-state index contributed by atoms with van der Waals surface area (Å²) in [5.41, 5.74) is 0. The van der Waals surface area contributed by atoms with Gasteiger partial charge in [0, 0.05) is 0 Å². The lowest BCUT2D eigenvalue weighted by Crippen LogP contribution is -2.25. The highest BCUT2D eigenvalue weighted by atomic mass is 31.1. The van der Waals surface area contributed by atoms with Crippen LogP contribution in [0.5, 0.6) is 11.5 Å². The molecule has 0 spiro atoms. The average molecular weight is 407 g/mol. The van der Waals surface area contributed by atoms with Gasteiger partial charge in [0.25, 0.3) is 0 Å². The van der Waals surface area contributed by atoms with Crippen LogP contribution in [0, 0.1) is 11.8 Å². The summed E-state index contributed by atoms with van der Waals surface area (Å²) in [5, 5.41) is 3.76. The van der Waals surface area contributed by atoms with Crippen molar-refractivity contribution in [3.63, 3.8) is 0 Å². The third-order valence-electron chi connectivity index (χ3n) is 4.36. The highest BCUT2D eigenvalue weighted by molar-refractivity contribution is 7.80. The van der Waals surface area contributed by atoms with E-state index in [2.05, 4.69) is 100 Å². The predicted molar refractivity (Wildman–Crippen MR) is 126 cm³/mol. The van der Waals surface area contributed by atoms with E-state index in [-0.39, 0.29) is 0 Å². The maximum absolute atomic E-state index is 6.31. The molecule has 0 aromatic heterocycles. The molecule has 0 fully saturated rings. The average Bonchev–Trinajstić information content (AvgIpc) is 2.73. The molecular weight excluding hydrogens is 375 g/mol. The van der Waals surface area contributed by atoms with E-state index >= 15 is 0 Å². The van der Waals surface area contributed by atoms with Crippen LogP contribution >= 0.6 is 7.92 Å². The zero-order valence-electron chi connectivity index (χ0n) is 17.8. The summed E-state index contributed by atoms with van der Waals surface area (Å²) in [5.74, 6) is 2.78. The minimum atomic E-state index is -0.799. The Morgan fingerprint density at radius 2 is 1.00 bits per heavy atom. The van der Waals surface area contributed by atoms with Crippen molar-refractivity contribution in [2.24, 2.45) is 11.8 Å². The van der Waals surface area contributed by atoms with Crippen molar-refractivity contribution in [3.8, 4) is 11.5 Å². The van der Waals surface area contributed by atoms with Crippen LogP contribution in [0.25, 0.3) is 0 Å². The smallest absolute Gasteiger partial charge is 0.131 e. The standard InChI is InChI=1S/C26H31O2P/c1-20(2)18-27-24-16-11-17-25(28-19-21(3)4)26(24)29(22-12-7-5-8-13-22)23-14-9-6-10-15-23/h5-17,20-21H,18-19H2,1-4H3. The first kappa shape index (κ1) is 21.4. The third kappa shape index (κ3) is 5.84. The molecule has 0 radical (unpaired) electrons. The molecule has 152 valence electrons. The maximum atomic E-state index is 6.31. The number of hydrogen-bond acceptors (Lipinski definition) is 2. The van der Waals surface area contributed by atoms with Gasteiger partial charge in [-0.05, 0) is 42.5 Å². The molecule has 3 aromatic carbocycles. The van der Waals surface area contributed by atoms with Gasteiger partial charge in [-0.15, -0.1) is 0 Å². The van der Waals surface area contributed by atoms with E-state index in [9.17, 15) is 0 Å². The molecule has 0 aliphatic rings. The Labute approximate surface area is 176 Å². The normalized spacial score (nSPS) is 11.3. The minimum Gasteiger partial charge on any atom is -0.492 e. The van der Waals surface area contributed by atoms with E-state index in [1.165, 1.54) is 15.9 Å². The monoisotopic (exact) mass is 406 g/mol. The third-order valence-corrected chi connectivity index (χ3v) is 6.88. The summed E-state index contributed by atoms with van der Waals surface area (Å²) in [7, 11) is -0.799. The van der Waals surface area contributed by atoms with Crippen molar-refractivity contribution in [1.82, 2.24) is 0 Å². The molecule has 0 bridgehead atoms. The van der Waals surface area contributed by atoms with Crippen LogP contribution in [0.2, 0.25) is 0 Å². The molecule has 0 atom stereocenters. The van der Waals surface area contributed by atoms with Crippen LogP contribution in [0.4, 0.5) is 0 Å². The first-order valence-electron chi connectivity index (χ1n) is 10.3. The first-order valence-corrected chi connectivity index (χ1v) is 11.7. The maximum Gasteiger partial charge on any atom is 0.131 e. The summed E-state index contributed by atoms with van der Waals surface area (Å²) in [6.45, 7) is 10.1. The molecule has 0 aliphatic heterocycles. The van der Waals surface area contributed by atoms with Crippen LogP contribution in [0.1, 0.15) is 27.7 Å². The van der Waals surface area contributed by atoms with Gasteiger partial charge in [0.05, 0.1) is 18.5 Å². The summed E-state index contributed by atoms with van der Waals surface area (Å²) in [6, 6.07) is 27.6. The van der Waals surface area contributed by atoms with Crippen molar-refractivity contribution in [2.75, 3.05) is 13.2 Å². The summed E-state index contributed by atoms with van der Waals surface area (Å²) in [6.07, 6.45) is 0. The lowest BCUT2D eigenvalue weighted by atomic mass is 10.2. The quantitative estimate of drug-likeness (QED) is 0.436. The van der Waals surface area contributed by atoms with Gasteiger partial charge >= 0.3 is 0 Å². The molecule has 0 saturated carbocycles. The molecule has 2 nitrogen and oxygen atoms in total. The van der Waals surface area contributed by atoms with Crippen LogP contribution in [0.15, 0.2) is 78.9 Å². The molecule has 0 saturated heterocycles. The van der Waals surface area contributed by atoms with Gasteiger partial charge in [-0.2, -0.15) is 0 Å². The lowest BCUT2D eigenvalue weighted by Gasteiger charge is -2.25. The van der Waals surface area contributed by atoms with Crippen LogP contribution in [0.3, 0.4) is 0 Å². The zero-order valence-corrected chi connectivity index (χ0v) is 18.7. The van der Waals surface area contributed by atoms with E-state index in [0.717, 1.165) is 11.5 Å². The number of hydrogen-bond donors (Lipinski definition) is 0.